The number of nitrogens with zero attached hydrogens (tertiary/aromatic N) is 1. The van der Waals surface area contributed by atoms with Crippen molar-refractivity contribution in [2.45, 2.75) is 6.61 Å². The number of alkyl carbamates (subject to hydrolysis) is 1. The fraction of sp³-hybridized carbons (Fsp3) is 0.111. The summed E-state index contributed by atoms with van der Waals surface area (Å²) < 4.78 is 5.09. The first-order valence-electron chi connectivity index (χ1n) is 7.07. The Morgan fingerprint density at radius 1 is 1.13 bits per heavy atom. The van der Waals surface area contributed by atoms with Crippen molar-refractivity contribution in [1.29, 1.82) is 0 Å². The second-order valence-electron chi connectivity index (χ2n) is 4.61. The number of benzene rings is 2. The molecule has 1 N–H and O–H groups in total. The molecular formula is C18H16N2O3. The molecule has 5 nitrogen and oxygen atoms in total. The lowest BCUT2D eigenvalue weighted by atomic mass is 10.1. The fourth-order valence-electron chi connectivity index (χ4n) is 1.88. The number of carbonyl (C=O) groups excluding carboxylic acids is 2. The van der Waals surface area contributed by atoms with E-state index in [4.69, 9.17) is 4.74 Å². The maximum absolute atomic E-state index is 11.6. The number of aliphatic imine (C=N–C) groups is 1. The van der Waals surface area contributed by atoms with Crippen LogP contribution in [-0.4, -0.2) is 18.7 Å². The first-order chi connectivity index (χ1) is 11.3. The molecule has 0 aliphatic carbocycles. The molecule has 2 aromatic rings. The van der Waals surface area contributed by atoms with Gasteiger partial charge in [-0.05, 0) is 11.6 Å². The summed E-state index contributed by atoms with van der Waals surface area (Å²) in [7, 11) is 0. The number of isocyanates is 1. The molecule has 0 aromatic heterocycles. The molecule has 0 bridgehead atoms. The minimum atomic E-state index is -0.488. The van der Waals surface area contributed by atoms with Gasteiger partial charge in [0.1, 0.15) is 6.61 Å². The van der Waals surface area contributed by atoms with E-state index in [-0.39, 0.29) is 6.61 Å². The molecule has 0 heterocycles. The van der Waals surface area contributed by atoms with E-state index in [1.807, 2.05) is 42.5 Å². The minimum absolute atomic E-state index is 0.229. The van der Waals surface area contributed by atoms with E-state index in [9.17, 15) is 9.59 Å². The van der Waals surface area contributed by atoms with Crippen molar-refractivity contribution in [3.63, 3.8) is 0 Å². The van der Waals surface area contributed by atoms with Crippen molar-refractivity contribution >= 4 is 23.9 Å². The highest BCUT2D eigenvalue weighted by molar-refractivity contribution is 5.69. The van der Waals surface area contributed by atoms with Gasteiger partial charge in [0.15, 0.2) is 0 Å². The van der Waals surface area contributed by atoms with E-state index in [0.29, 0.717) is 12.2 Å². The van der Waals surface area contributed by atoms with Crippen LogP contribution in [0, 0.1) is 0 Å². The molecule has 0 atom stereocenters. The van der Waals surface area contributed by atoms with Gasteiger partial charge in [0.25, 0.3) is 0 Å². The Bertz CT molecular complexity index is 720. The summed E-state index contributed by atoms with van der Waals surface area (Å²) in [5.74, 6) is 0. The van der Waals surface area contributed by atoms with Gasteiger partial charge in [0, 0.05) is 12.1 Å². The van der Waals surface area contributed by atoms with Crippen LogP contribution in [0.2, 0.25) is 0 Å². The summed E-state index contributed by atoms with van der Waals surface area (Å²) >= 11 is 0. The lowest BCUT2D eigenvalue weighted by molar-refractivity contribution is 0.141. The molecule has 5 heteroatoms. The molecule has 0 saturated carbocycles. The molecule has 116 valence electrons. The van der Waals surface area contributed by atoms with Gasteiger partial charge in [0.2, 0.25) is 6.08 Å². The van der Waals surface area contributed by atoms with Crippen LogP contribution in [0.4, 0.5) is 10.5 Å². The molecule has 0 fully saturated rings. The van der Waals surface area contributed by atoms with Crippen LogP contribution in [-0.2, 0) is 16.1 Å². The van der Waals surface area contributed by atoms with Crippen molar-refractivity contribution in [1.82, 2.24) is 5.32 Å². The molecule has 23 heavy (non-hydrogen) atoms. The summed E-state index contributed by atoms with van der Waals surface area (Å²) in [5, 5.41) is 2.62. The minimum Gasteiger partial charge on any atom is -0.445 e. The Balaban J connectivity index is 1.78. The zero-order valence-corrected chi connectivity index (χ0v) is 12.4. The first-order valence-corrected chi connectivity index (χ1v) is 7.07. The van der Waals surface area contributed by atoms with E-state index in [1.54, 1.807) is 24.3 Å². The number of ether oxygens (including phenoxy) is 1. The molecule has 0 aliphatic heterocycles. The molecule has 0 saturated heterocycles. The summed E-state index contributed by atoms with van der Waals surface area (Å²) in [6.45, 7) is 0.542. The third kappa shape index (κ3) is 5.61. The highest BCUT2D eigenvalue weighted by Gasteiger charge is 2.00. The van der Waals surface area contributed by atoms with Crippen LogP contribution in [0.5, 0.6) is 0 Å². The fourth-order valence-corrected chi connectivity index (χ4v) is 1.88. The Labute approximate surface area is 134 Å². The summed E-state index contributed by atoms with van der Waals surface area (Å²) in [6.07, 6.45) is 4.55. The number of carbonyl (C=O) groups is 1. The average Bonchev–Trinajstić information content (AvgIpc) is 2.59. The third-order valence-electron chi connectivity index (χ3n) is 2.98. The molecular weight excluding hydrogens is 292 g/mol. The topological polar surface area (TPSA) is 67.8 Å². The lowest BCUT2D eigenvalue weighted by Gasteiger charge is -2.05. The van der Waals surface area contributed by atoms with Gasteiger partial charge in [-0.25, -0.2) is 9.59 Å². The van der Waals surface area contributed by atoms with Crippen LogP contribution in [0.3, 0.4) is 0 Å². The molecule has 1 amide bonds. The van der Waals surface area contributed by atoms with Crippen LogP contribution in [0.25, 0.3) is 6.08 Å². The van der Waals surface area contributed by atoms with E-state index in [1.165, 1.54) is 6.08 Å². The largest absolute Gasteiger partial charge is 0.445 e. The van der Waals surface area contributed by atoms with Crippen molar-refractivity contribution in [2.24, 2.45) is 4.99 Å². The molecule has 2 aromatic carbocycles. The summed E-state index contributed by atoms with van der Waals surface area (Å²) in [4.78, 5) is 25.5. The van der Waals surface area contributed by atoms with Gasteiger partial charge < -0.3 is 10.1 Å². The predicted octanol–water partition coefficient (Wildman–Crippen LogP) is 3.59. The van der Waals surface area contributed by atoms with Crippen molar-refractivity contribution in [3.05, 3.63) is 71.8 Å². The van der Waals surface area contributed by atoms with Crippen molar-refractivity contribution in [3.8, 4) is 0 Å². The molecule has 0 aliphatic rings. The highest BCUT2D eigenvalue weighted by Crippen LogP contribution is 2.18. The smallest absolute Gasteiger partial charge is 0.407 e. The monoisotopic (exact) mass is 308 g/mol. The zero-order valence-electron chi connectivity index (χ0n) is 12.4. The number of amides is 1. The molecule has 2 rings (SSSR count). The van der Waals surface area contributed by atoms with Crippen LogP contribution in [0.15, 0.2) is 65.7 Å². The van der Waals surface area contributed by atoms with Crippen LogP contribution < -0.4 is 5.32 Å². The SMILES string of the molecule is O=C=Nc1ccccc1C=CCNC(=O)OCc1ccccc1. The number of para-hydroxylation sites is 1. The maximum Gasteiger partial charge on any atom is 0.407 e. The van der Waals surface area contributed by atoms with Crippen LogP contribution in [0.1, 0.15) is 11.1 Å². The Morgan fingerprint density at radius 2 is 1.87 bits per heavy atom. The second kappa shape index (κ2) is 8.97. The van der Waals surface area contributed by atoms with Gasteiger partial charge in [-0.2, -0.15) is 4.99 Å². The quantitative estimate of drug-likeness (QED) is 0.655. The standard InChI is InChI=1S/C18H16N2O3/c21-14-20-17-11-5-4-9-16(17)10-6-12-19-18(22)23-13-15-7-2-1-3-8-15/h1-11H,12-13H2,(H,19,22). The van der Waals surface area contributed by atoms with Gasteiger partial charge in [0.05, 0.1) is 5.69 Å². The third-order valence-corrected chi connectivity index (χ3v) is 2.98. The Kier molecular flexibility index (Phi) is 6.32. The average molecular weight is 308 g/mol. The zero-order chi connectivity index (χ0) is 16.3. The number of rotatable bonds is 6. The Morgan fingerprint density at radius 3 is 2.65 bits per heavy atom. The number of nitrogens with one attached hydrogen (secondary N) is 1. The van der Waals surface area contributed by atoms with Gasteiger partial charge in [-0.15, -0.1) is 0 Å². The molecule has 0 unspecified atom stereocenters. The van der Waals surface area contributed by atoms with E-state index >= 15 is 0 Å². The summed E-state index contributed by atoms with van der Waals surface area (Å²) in [5.41, 5.74) is 2.24. The van der Waals surface area contributed by atoms with Gasteiger partial charge in [-0.1, -0.05) is 60.7 Å². The van der Waals surface area contributed by atoms with Gasteiger partial charge in [-0.3, -0.25) is 0 Å². The van der Waals surface area contributed by atoms with Crippen molar-refractivity contribution < 1.29 is 14.3 Å². The van der Waals surface area contributed by atoms with E-state index in [2.05, 4.69) is 10.3 Å². The van der Waals surface area contributed by atoms with Crippen molar-refractivity contribution in [2.75, 3.05) is 6.54 Å². The Hall–Kier alpha value is -3.17. The lowest BCUT2D eigenvalue weighted by Crippen LogP contribution is -2.24. The van der Waals surface area contributed by atoms with E-state index < -0.39 is 6.09 Å². The highest BCUT2D eigenvalue weighted by atomic mass is 16.5. The second-order valence-corrected chi connectivity index (χ2v) is 4.61. The molecule has 0 spiro atoms. The van der Waals surface area contributed by atoms with Crippen LogP contribution >= 0.6 is 0 Å². The normalized spacial score (nSPS) is 10.1. The first kappa shape index (κ1) is 16.2. The predicted molar refractivity (Wildman–Crippen MR) is 87.9 cm³/mol. The number of hydrogen-bond donors (Lipinski definition) is 1. The summed E-state index contributed by atoms with van der Waals surface area (Å²) in [6, 6.07) is 16.6. The maximum atomic E-state index is 11.6. The number of hydrogen-bond acceptors (Lipinski definition) is 4. The van der Waals surface area contributed by atoms with Gasteiger partial charge >= 0.3 is 6.09 Å². The van der Waals surface area contributed by atoms with E-state index in [0.717, 1.165) is 11.1 Å². The molecule has 0 radical (unpaired) electrons.